The Hall–Kier alpha value is -1.40. The van der Waals surface area contributed by atoms with Gasteiger partial charge in [-0.25, -0.2) is 24.1 Å². The number of unbranched alkanes of at least 4 members (excludes halogenated alkanes) is 2. The molecule has 0 amide bonds. The maximum absolute atomic E-state index is 3.15. The molecule has 0 aromatic heterocycles. The van der Waals surface area contributed by atoms with Crippen molar-refractivity contribution < 1.29 is 49.0 Å². The molecule has 0 radical (unpaired) electrons. The van der Waals surface area contributed by atoms with Gasteiger partial charge in [0, 0.05) is 0 Å². The molecule has 0 heterocycles. The van der Waals surface area contributed by atoms with E-state index in [1.54, 1.807) is 27.4 Å². The van der Waals surface area contributed by atoms with Gasteiger partial charge in [0.25, 0.3) is 0 Å². The molecule has 1 atom stereocenters. The third-order valence-corrected chi connectivity index (χ3v) is 11.1. The Bertz CT molecular complexity index is 1420. The van der Waals surface area contributed by atoms with E-state index in [9.17, 15) is 0 Å². The average Bonchev–Trinajstić information content (AvgIpc) is 3.55. The summed E-state index contributed by atoms with van der Waals surface area (Å²) in [6, 6.07) is 9.95. The van der Waals surface area contributed by atoms with Crippen LogP contribution in [-0.2, 0) is 41.5 Å². The van der Waals surface area contributed by atoms with Crippen molar-refractivity contribution in [1.29, 1.82) is 0 Å². The van der Waals surface area contributed by atoms with E-state index in [1.807, 2.05) is 6.08 Å². The Morgan fingerprint density at radius 1 is 0.826 bits per heavy atom. The number of rotatable bonds is 6. The van der Waals surface area contributed by atoms with Crippen LogP contribution in [0.25, 0.3) is 22.3 Å². The second kappa shape index (κ2) is 17.3. The zero-order valence-corrected chi connectivity index (χ0v) is 34.2. The summed E-state index contributed by atoms with van der Waals surface area (Å²) in [5.74, 6) is 0.556. The van der Waals surface area contributed by atoms with E-state index in [0.29, 0.717) is 5.92 Å². The molecule has 2 aromatic carbocycles. The first kappa shape index (κ1) is 40.8. The van der Waals surface area contributed by atoms with Crippen LogP contribution < -0.4 is 24.8 Å². The number of hydrogen-bond acceptors (Lipinski definition) is 0. The maximum Gasteiger partial charge on any atom is -1.00 e. The second-order valence-electron chi connectivity index (χ2n) is 14.8. The third-order valence-electron chi connectivity index (χ3n) is 9.85. The minimum absolute atomic E-state index is 0. The van der Waals surface area contributed by atoms with E-state index >= 15 is 0 Å². The molecule has 0 aliphatic heterocycles. The van der Waals surface area contributed by atoms with Crippen LogP contribution in [0, 0.1) is 18.4 Å². The van der Waals surface area contributed by atoms with E-state index < -0.39 is 0 Å². The molecule has 4 aliphatic carbocycles. The van der Waals surface area contributed by atoms with Gasteiger partial charge >= 0.3 is 79.8 Å². The first-order valence-corrected chi connectivity index (χ1v) is 18.4. The molecule has 0 fully saturated rings. The number of hydrogen-bond donors (Lipinski definition) is 0. The number of halogens is 2. The Morgan fingerprint density at radius 2 is 1.37 bits per heavy atom. The maximum atomic E-state index is 3.15. The Balaban J connectivity index is 0.000000323. The monoisotopic (exact) mass is 732 g/mol. The molecule has 46 heavy (non-hydrogen) atoms. The van der Waals surface area contributed by atoms with E-state index in [4.69, 9.17) is 0 Å². The summed E-state index contributed by atoms with van der Waals surface area (Å²) in [6.07, 6.45) is 25.0. The predicted molar refractivity (Wildman–Crippen MR) is 192 cm³/mol. The van der Waals surface area contributed by atoms with Gasteiger partial charge in [0.2, 0.25) is 0 Å². The van der Waals surface area contributed by atoms with E-state index in [0.717, 1.165) is 12.8 Å². The van der Waals surface area contributed by atoms with Gasteiger partial charge in [0.15, 0.2) is 0 Å². The first-order valence-electron chi connectivity index (χ1n) is 17.2. The van der Waals surface area contributed by atoms with Crippen LogP contribution in [0.4, 0.5) is 0 Å². The second-order valence-corrected chi connectivity index (χ2v) is 16.6. The summed E-state index contributed by atoms with van der Waals surface area (Å²) in [5.41, 5.74) is 16.3. The minimum Gasteiger partial charge on any atom is -1.00 e. The Labute approximate surface area is 309 Å². The van der Waals surface area contributed by atoms with Crippen molar-refractivity contribution in [1.82, 2.24) is 0 Å². The standard InChI is InChI=1S/C27H29.C9H18.C7H9.2ClH.Zr/c1-16-7-9-26(3,4)24-12-18-11-19-13-25-21(17(2)8-10-27(25,5)6)15-23(19)22(18)14-20(16)24;1-3-5-7-9-8-6-4-2;1-6-3-4-7(2)5-6;;;/h7-9,12-15H,10-11H2,1-6H3;3-8H2,1-2H3;3,5,7H,1-2H3;2*1H;/q-1;;-1;;;+2/p-2. The fourth-order valence-electron chi connectivity index (χ4n) is 6.83. The van der Waals surface area contributed by atoms with Crippen molar-refractivity contribution in [3.8, 4) is 11.1 Å². The third kappa shape index (κ3) is 9.61. The van der Waals surface area contributed by atoms with E-state index in [1.165, 1.54) is 99.8 Å². The van der Waals surface area contributed by atoms with E-state index in [2.05, 4.69) is 124 Å². The van der Waals surface area contributed by atoms with Gasteiger partial charge in [0.05, 0.1) is 0 Å². The summed E-state index contributed by atoms with van der Waals surface area (Å²) < 4.78 is 1.79. The quantitative estimate of drug-likeness (QED) is 0.262. The molecule has 0 nitrogen and oxygen atoms in total. The number of fused-ring (bicyclic) bond motifs is 5. The van der Waals surface area contributed by atoms with Gasteiger partial charge in [-0.3, -0.25) is 6.08 Å². The number of allylic oxidation sites excluding steroid dienone is 8. The van der Waals surface area contributed by atoms with Crippen LogP contribution in [0.1, 0.15) is 148 Å². The van der Waals surface area contributed by atoms with Crippen LogP contribution >= 0.6 is 0 Å². The molecular weight excluding hydrogens is 679 g/mol. The molecule has 2 aromatic rings. The molecule has 3 heteroatoms. The van der Waals surface area contributed by atoms with Crippen LogP contribution in [0.5, 0.6) is 0 Å². The van der Waals surface area contributed by atoms with Crippen LogP contribution in [0.2, 0.25) is 0 Å². The molecule has 0 N–H and O–H groups in total. The van der Waals surface area contributed by atoms with Crippen molar-refractivity contribution in [2.24, 2.45) is 5.92 Å². The van der Waals surface area contributed by atoms with Gasteiger partial charge in [0.1, 0.15) is 0 Å². The summed E-state index contributed by atoms with van der Waals surface area (Å²) in [7, 11) is 0. The zero-order chi connectivity index (χ0) is 32.2. The molecule has 0 bridgehead atoms. The largest absolute Gasteiger partial charge is 1.00 e. The number of benzene rings is 2. The van der Waals surface area contributed by atoms with Crippen molar-refractivity contribution in [2.45, 2.75) is 131 Å². The average molecular weight is 735 g/mol. The minimum atomic E-state index is 0. The Kier molecular flexibility index (Phi) is 15.4. The Morgan fingerprint density at radius 3 is 1.85 bits per heavy atom. The molecule has 0 spiro atoms. The molecule has 1 unspecified atom stereocenters. The van der Waals surface area contributed by atoms with Crippen LogP contribution in [0.15, 0.2) is 54.1 Å². The summed E-state index contributed by atoms with van der Waals surface area (Å²) in [6.45, 7) is 22.7. The van der Waals surface area contributed by atoms with Gasteiger partial charge in [-0.1, -0.05) is 75.8 Å². The summed E-state index contributed by atoms with van der Waals surface area (Å²) >= 11 is 1.67. The zero-order valence-electron chi connectivity index (χ0n) is 30.2. The van der Waals surface area contributed by atoms with Gasteiger partial charge in [-0.05, 0) is 70.2 Å². The molecule has 6 rings (SSSR count). The van der Waals surface area contributed by atoms with E-state index in [-0.39, 0.29) is 35.6 Å². The van der Waals surface area contributed by atoms with Crippen molar-refractivity contribution in [3.05, 3.63) is 100 Å². The van der Waals surface area contributed by atoms with Crippen molar-refractivity contribution >= 4 is 14.4 Å². The topological polar surface area (TPSA) is 0 Å². The summed E-state index contributed by atoms with van der Waals surface area (Å²) in [5, 5.41) is 0. The van der Waals surface area contributed by atoms with Gasteiger partial charge in [-0.15, -0.1) is 19.4 Å². The predicted octanol–water partition coefficient (Wildman–Crippen LogP) is 6.28. The first-order chi connectivity index (χ1) is 20.8. The molecule has 248 valence electrons. The van der Waals surface area contributed by atoms with Crippen molar-refractivity contribution in [2.75, 3.05) is 0 Å². The van der Waals surface area contributed by atoms with Gasteiger partial charge in [-0.2, -0.15) is 11.6 Å². The fourth-order valence-corrected chi connectivity index (χ4v) is 7.70. The van der Waals surface area contributed by atoms with Crippen LogP contribution in [-0.4, -0.2) is 3.21 Å². The molecule has 0 saturated carbocycles. The summed E-state index contributed by atoms with van der Waals surface area (Å²) in [4.78, 5) is 0. The molecule has 0 saturated heterocycles. The van der Waals surface area contributed by atoms with Crippen molar-refractivity contribution in [3.63, 3.8) is 0 Å². The SMILES string of the molecule is CC1=CC(C)[C-]=C1.CC1=C[CH-]C(C)(C)c2cc3c(cc21)-c1cc2c(cc1C3)C(C)(C)CC=C2C.CCCC[C](=[Zr+2])CCCC.[Cl-].[Cl-]. The molecule has 4 aliphatic rings. The molecular formula is C43H56Cl2Zr-2. The van der Waals surface area contributed by atoms with Crippen LogP contribution in [0.3, 0.4) is 0 Å². The fraction of sp³-hybridized carbons (Fsp3) is 0.488. The van der Waals surface area contributed by atoms with Gasteiger partial charge < -0.3 is 24.8 Å². The normalized spacial score (nSPS) is 18.5. The smallest absolute Gasteiger partial charge is 1.00 e.